The average molecular weight is 595 g/mol. The molecule has 2 saturated heterocycles. The van der Waals surface area contributed by atoms with Gasteiger partial charge in [-0.2, -0.15) is 5.10 Å². The lowest BCUT2D eigenvalue weighted by Gasteiger charge is -2.37. The number of nitrogens with zero attached hydrogens (tertiary/aromatic N) is 6. The van der Waals surface area contributed by atoms with Crippen molar-refractivity contribution in [3.05, 3.63) is 83.4 Å². The molecule has 2 unspecified atom stereocenters. The molecular formula is C34H38N6O4. The number of likely N-dealkylation sites (tertiary alicyclic amines) is 1. The van der Waals surface area contributed by atoms with Crippen LogP contribution in [0.5, 0.6) is 5.88 Å². The fraction of sp³-hybridized carbons (Fsp3) is 0.412. The fourth-order valence-corrected chi connectivity index (χ4v) is 6.46. The Morgan fingerprint density at radius 3 is 2.75 bits per heavy atom. The molecule has 2 aliphatic heterocycles. The van der Waals surface area contributed by atoms with Gasteiger partial charge >= 0.3 is 5.97 Å². The summed E-state index contributed by atoms with van der Waals surface area (Å²) in [5, 5.41) is 5.45. The molecule has 0 bridgehead atoms. The molecule has 0 amide bonds. The van der Waals surface area contributed by atoms with Crippen LogP contribution in [0.2, 0.25) is 0 Å². The van der Waals surface area contributed by atoms with Gasteiger partial charge in [0.1, 0.15) is 12.4 Å². The summed E-state index contributed by atoms with van der Waals surface area (Å²) in [6.45, 7) is 5.96. The third kappa shape index (κ3) is 5.67. The second-order valence-corrected chi connectivity index (χ2v) is 12.0. The van der Waals surface area contributed by atoms with Gasteiger partial charge in [0.2, 0.25) is 5.88 Å². The van der Waals surface area contributed by atoms with Crippen LogP contribution >= 0.6 is 0 Å². The SMILES string of the molecule is COC(=O)c1ccc2nc(CN3CCC(c4cccc(OCc5ccc6cnn(C)c6c5)n4)CC3C)n(C[C@@H]3CCO3)c2c1. The van der Waals surface area contributed by atoms with Crippen molar-refractivity contribution < 1.29 is 19.0 Å². The van der Waals surface area contributed by atoms with Gasteiger partial charge in [0.05, 0.1) is 54.6 Å². The topological polar surface area (TPSA) is 96.5 Å². The summed E-state index contributed by atoms with van der Waals surface area (Å²) in [6, 6.07) is 18.3. The maximum atomic E-state index is 12.2. The van der Waals surface area contributed by atoms with Crippen molar-refractivity contribution in [2.45, 2.75) is 63.9 Å². The summed E-state index contributed by atoms with van der Waals surface area (Å²) >= 11 is 0. The Kier molecular flexibility index (Phi) is 7.78. The number of fused-ring (bicyclic) bond motifs is 2. The number of hydrogen-bond acceptors (Lipinski definition) is 8. The van der Waals surface area contributed by atoms with Crippen LogP contribution in [0.1, 0.15) is 59.5 Å². The molecule has 7 rings (SSSR count). The Bertz CT molecular complexity index is 1810. The zero-order valence-electron chi connectivity index (χ0n) is 25.5. The van der Waals surface area contributed by atoms with Gasteiger partial charge in [0, 0.05) is 42.8 Å². The number of carbonyl (C=O) groups excluding carboxylic acids is 1. The van der Waals surface area contributed by atoms with Crippen molar-refractivity contribution >= 4 is 27.9 Å². The van der Waals surface area contributed by atoms with E-state index >= 15 is 0 Å². The number of ether oxygens (including phenoxy) is 3. The molecule has 0 N–H and O–H groups in total. The van der Waals surface area contributed by atoms with Crippen molar-refractivity contribution in [3.8, 4) is 5.88 Å². The highest BCUT2D eigenvalue weighted by Crippen LogP contribution is 2.33. The van der Waals surface area contributed by atoms with Gasteiger partial charge in [-0.05, 0) is 68.6 Å². The number of aryl methyl sites for hydroxylation is 1. The van der Waals surface area contributed by atoms with E-state index in [0.29, 0.717) is 30.0 Å². The Morgan fingerprint density at radius 2 is 1.95 bits per heavy atom. The normalized spacial score (nSPS) is 20.6. The molecule has 3 atom stereocenters. The molecule has 0 aliphatic carbocycles. The standard InChI is InChI=1S/C34H38N6O4/c1-22-15-24(28-5-4-6-33(37-28)44-21-23-7-8-26-18-35-38(2)30(26)16-23)11-13-39(22)20-32-36-29-10-9-25(34(41)42-3)17-31(29)40(32)19-27-12-14-43-27/h4-10,16-18,22,24,27H,11-15,19-21H2,1-3H3/t22?,24?,27-/m0/s1. The molecule has 5 aromatic rings. The molecule has 0 radical (unpaired) electrons. The number of methoxy groups -OCH3 is 1. The lowest BCUT2D eigenvalue weighted by atomic mass is 9.88. The van der Waals surface area contributed by atoms with Crippen LogP contribution in [-0.2, 0) is 36.2 Å². The predicted octanol–water partition coefficient (Wildman–Crippen LogP) is 5.24. The largest absolute Gasteiger partial charge is 0.473 e. The first kappa shape index (κ1) is 28.5. The van der Waals surface area contributed by atoms with Gasteiger partial charge in [-0.3, -0.25) is 9.58 Å². The molecule has 44 heavy (non-hydrogen) atoms. The number of pyridine rings is 1. The van der Waals surface area contributed by atoms with Crippen molar-refractivity contribution in [1.29, 1.82) is 0 Å². The molecule has 0 saturated carbocycles. The highest BCUT2D eigenvalue weighted by molar-refractivity contribution is 5.93. The molecule has 10 heteroatoms. The molecule has 2 aliphatic rings. The van der Waals surface area contributed by atoms with E-state index in [4.69, 9.17) is 24.2 Å². The van der Waals surface area contributed by atoms with Crippen LogP contribution in [0.3, 0.4) is 0 Å². The third-order valence-corrected chi connectivity index (χ3v) is 9.15. The minimum absolute atomic E-state index is 0.176. The molecule has 2 fully saturated rings. The number of esters is 1. The summed E-state index contributed by atoms with van der Waals surface area (Å²) in [5.41, 5.74) is 5.63. The third-order valence-electron chi connectivity index (χ3n) is 9.15. The number of imidazole rings is 1. The molecular weight excluding hydrogens is 556 g/mol. The Balaban J connectivity index is 1.03. The maximum Gasteiger partial charge on any atom is 0.337 e. The molecule has 0 spiro atoms. The average Bonchev–Trinajstić information content (AvgIpc) is 3.57. The summed E-state index contributed by atoms with van der Waals surface area (Å²) in [6.07, 6.45) is 5.10. The van der Waals surface area contributed by atoms with Crippen LogP contribution in [0.4, 0.5) is 0 Å². The minimum atomic E-state index is -0.342. The van der Waals surface area contributed by atoms with E-state index in [0.717, 1.165) is 84.5 Å². The number of carbonyl (C=O) groups is 1. The van der Waals surface area contributed by atoms with Crippen molar-refractivity contribution in [3.63, 3.8) is 0 Å². The van der Waals surface area contributed by atoms with Gasteiger partial charge < -0.3 is 18.8 Å². The molecule has 10 nitrogen and oxygen atoms in total. The highest BCUT2D eigenvalue weighted by atomic mass is 16.5. The predicted molar refractivity (Wildman–Crippen MR) is 167 cm³/mol. The quantitative estimate of drug-likeness (QED) is 0.214. The monoisotopic (exact) mass is 594 g/mol. The van der Waals surface area contributed by atoms with E-state index < -0.39 is 0 Å². The van der Waals surface area contributed by atoms with E-state index in [-0.39, 0.29) is 12.1 Å². The Hall–Kier alpha value is -4.28. The van der Waals surface area contributed by atoms with E-state index in [1.165, 1.54) is 7.11 Å². The number of piperidine rings is 1. The van der Waals surface area contributed by atoms with Gasteiger partial charge in [0.15, 0.2) is 0 Å². The second kappa shape index (κ2) is 12.0. The van der Waals surface area contributed by atoms with Crippen LogP contribution in [0.25, 0.3) is 21.9 Å². The van der Waals surface area contributed by atoms with Gasteiger partial charge in [-0.25, -0.2) is 14.8 Å². The van der Waals surface area contributed by atoms with Gasteiger partial charge in [-0.15, -0.1) is 0 Å². The summed E-state index contributed by atoms with van der Waals surface area (Å²) in [4.78, 5) is 24.7. The van der Waals surface area contributed by atoms with Gasteiger partial charge in [-0.1, -0.05) is 18.2 Å². The first-order chi connectivity index (χ1) is 21.4. The number of aromatic nitrogens is 5. The zero-order valence-corrected chi connectivity index (χ0v) is 25.5. The smallest absolute Gasteiger partial charge is 0.337 e. The fourth-order valence-electron chi connectivity index (χ4n) is 6.46. The number of hydrogen-bond donors (Lipinski definition) is 0. The molecule has 5 heterocycles. The molecule has 2 aromatic carbocycles. The summed E-state index contributed by atoms with van der Waals surface area (Å²) in [5.74, 6) is 1.67. The number of rotatable bonds is 9. The molecule has 228 valence electrons. The number of benzene rings is 2. The van der Waals surface area contributed by atoms with E-state index in [1.54, 1.807) is 6.07 Å². The van der Waals surface area contributed by atoms with Crippen LogP contribution in [0.15, 0.2) is 60.8 Å². The highest BCUT2D eigenvalue weighted by Gasteiger charge is 2.30. The Labute approximate surface area is 256 Å². The first-order valence-electron chi connectivity index (χ1n) is 15.4. The van der Waals surface area contributed by atoms with E-state index in [1.807, 2.05) is 42.2 Å². The minimum Gasteiger partial charge on any atom is -0.473 e. The van der Waals surface area contributed by atoms with E-state index in [9.17, 15) is 4.79 Å². The van der Waals surface area contributed by atoms with Crippen molar-refractivity contribution in [2.24, 2.45) is 7.05 Å². The van der Waals surface area contributed by atoms with E-state index in [2.05, 4.69) is 45.8 Å². The molecule has 3 aromatic heterocycles. The summed E-state index contributed by atoms with van der Waals surface area (Å²) in [7, 11) is 3.36. The van der Waals surface area contributed by atoms with Crippen LogP contribution < -0.4 is 4.74 Å². The van der Waals surface area contributed by atoms with Gasteiger partial charge in [0.25, 0.3) is 0 Å². The zero-order chi connectivity index (χ0) is 30.2. The maximum absolute atomic E-state index is 12.2. The lowest BCUT2D eigenvalue weighted by Crippen LogP contribution is -2.40. The summed E-state index contributed by atoms with van der Waals surface area (Å²) < 4.78 is 21.0. The van der Waals surface area contributed by atoms with Crippen LogP contribution in [-0.4, -0.2) is 67.6 Å². The second-order valence-electron chi connectivity index (χ2n) is 12.0. The van der Waals surface area contributed by atoms with Crippen molar-refractivity contribution in [1.82, 2.24) is 29.2 Å². The first-order valence-corrected chi connectivity index (χ1v) is 15.4. The van der Waals surface area contributed by atoms with Crippen molar-refractivity contribution in [2.75, 3.05) is 20.3 Å². The Morgan fingerprint density at radius 1 is 1.07 bits per heavy atom. The lowest BCUT2D eigenvalue weighted by molar-refractivity contribution is -0.0592. The van der Waals surface area contributed by atoms with Crippen LogP contribution in [0, 0.1) is 0 Å².